The van der Waals surface area contributed by atoms with Crippen LogP contribution in [0.3, 0.4) is 0 Å². The van der Waals surface area contributed by atoms with Crippen molar-refractivity contribution in [1.82, 2.24) is 0 Å². The topological polar surface area (TPSA) is 155 Å². The number of carbonyl (C=O) groups excluding carboxylic acids is 3. The number of unbranched alkanes of at least 4 members (excludes halogenated alkanes) is 24. The minimum Gasteiger partial charge on any atom is -0.462 e. The molecule has 0 saturated heterocycles. The van der Waals surface area contributed by atoms with Gasteiger partial charge in [0.2, 0.25) is 0 Å². The molecule has 0 aliphatic carbocycles. The van der Waals surface area contributed by atoms with E-state index in [0.717, 1.165) is 109 Å². The summed E-state index contributed by atoms with van der Waals surface area (Å²) in [7, 11) is -4.76. The summed E-state index contributed by atoms with van der Waals surface area (Å²) in [4.78, 5) is 48.5. The molecule has 0 aliphatic rings. The van der Waals surface area contributed by atoms with Crippen LogP contribution in [-0.2, 0) is 42.2 Å². The van der Waals surface area contributed by atoms with E-state index in [1.165, 1.54) is 83.5 Å². The Labute approximate surface area is 439 Å². The minimum atomic E-state index is -4.76. The first-order valence-electron chi connectivity index (χ1n) is 28.8. The van der Waals surface area contributed by atoms with Crippen LogP contribution in [-0.4, -0.2) is 66.5 Å². The third-order valence-corrected chi connectivity index (χ3v) is 13.0. The lowest BCUT2D eigenvalue weighted by Gasteiger charge is -2.21. The SMILES string of the molecule is CC/C=C\C/C=C\C/C=C\CCCCCC(=O)OC(CO)COP(=O)(O)OCC(COC(=O)CCCCCCC/C=C\CCCCCC)OC(=O)CCCCCCCCCCC/C=C\C/C=C\CCCCC. The average molecular weight is 1030 g/mol. The number of phosphoric ester groups is 1. The maximum Gasteiger partial charge on any atom is 0.472 e. The molecule has 11 nitrogen and oxygen atoms in total. The fourth-order valence-electron chi connectivity index (χ4n) is 7.69. The number of ether oxygens (including phenoxy) is 3. The maximum atomic E-state index is 12.9. The summed E-state index contributed by atoms with van der Waals surface area (Å²) in [5.74, 6) is -1.51. The van der Waals surface area contributed by atoms with Crippen molar-refractivity contribution >= 4 is 25.7 Å². The van der Waals surface area contributed by atoms with Crippen LogP contribution < -0.4 is 0 Å². The number of rotatable bonds is 53. The van der Waals surface area contributed by atoms with Gasteiger partial charge in [-0.3, -0.25) is 23.4 Å². The predicted octanol–water partition coefficient (Wildman–Crippen LogP) is 16.9. The Morgan fingerprint density at radius 2 is 0.722 bits per heavy atom. The Hall–Kier alpha value is -3.08. The van der Waals surface area contributed by atoms with Crippen LogP contribution in [0.2, 0.25) is 0 Å². The number of hydrogen-bond acceptors (Lipinski definition) is 10. The smallest absolute Gasteiger partial charge is 0.462 e. The number of aliphatic hydroxyl groups excluding tert-OH is 1. The second-order valence-electron chi connectivity index (χ2n) is 19.1. The molecule has 0 saturated carbocycles. The summed E-state index contributed by atoms with van der Waals surface area (Å²) < 4.78 is 39.5. The van der Waals surface area contributed by atoms with Gasteiger partial charge in [0, 0.05) is 19.3 Å². The van der Waals surface area contributed by atoms with Crippen LogP contribution in [0, 0.1) is 0 Å². The van der Waals surface area contributed by atoms with Gasteiger partial charge in [-0.1, -0.05) is 196 Å². The molecule has 0 heterocycles. The van der Waals surface area contributed by atoms with Crippen molar-refractivity contribution in [2.45, 2.75) is 264 Å². The maximum absolute atomic E-state index is 12.9. The molecule has 0 aromatic rings. The first kappa shape index (κ1) is 68.9. The quantitative estimate of drug-likeness (QED) is 0.0197. The van der Waals surface area contributed by atoms with Crippen LogP contribution in [0.25, 0.3) is 0 Å². The van der Waals surface area contributed by atoms with E-state index < -0.39 is 57.8 Å². The van der Waals surface area contributed by atoms with Crippen molar-refractivity contribution in [2.75, 3.05) is 26.4 Å². The van der Waals surface area contributed by atoms with Crippen molar-refractivity contribution in [2.24, 2.45) is 0 Å². The Morgan fingerprint density at radius 3 is 1.17 bits per heavy atom. The van der Waals surface area contributed by atoms with E-state index in [-0.39, 0.29) is 25.9 Å². The minimum absolute atomic E-state index is 0.140. The summed E-state index contributed by atoms with van der Waals surface area (Å²) in [5.41, 5.74) is 0. The lowest BCUT2D eigenvalue weighted by molar-refractivity contribution is -0.161. The molecule has 3 atom stereocenters. The third kappa shape index (κ3) is 51.8. The predicted molar refractivity (Wildman–Crippen MR) is 298 cm³/mol. The largest absolute Gasteiger partial charge is 0.472 e. The molecule has 2 N–H and O–H groups in total. The molecule has 0 amide bonds. The van der Waals surface area contributed by atoms with Gasteiger partial charge in [-0.2, -0.15) is 0 Å². The highest BCUT2D eigenvalue weighted by molar-refractivity contribution is 7.47. The Morgan fingerprint density at radius 1 is 0.403 bits per heavy atom. The van der Waals surface area contributed by atoms with Gasteiger partial charge in [0.15, 0.2) is 6.10 Å². The van der Waals surface area contributed by atoms with Crippen molar-refractivity contribution in [1.29, 1.82) is 0 Å². The first-order chi connectivity index (χ1) is 35.2. The molecule has 0 bridgehead atoms. The molecule has 0 fully saturated rings. The summed E-state index contributed by atoms with van der Waals surface area (Å²) in [6.45, 7) is 4.45. The van der Waals surface area contributed by atoms with Crippen LogP contribution in [0.1, 0.15) is 252 Å². The summed E-state index contributed by atoms with van der Waals surface area (Å²) in [5, 5.41) is 9.79. The summed E-state index contributed by atoms with van der Waals surface area (Å²) in [6.07, 6.45) is 60.0. The van der Waals surface area contributed by atoms with Crippen molar-refractivity contribution < 1.29 is 52.2 Å². The van der Waals surface area contributed by atoms with Gasteiger partial charge in [0.1, 0.15) is 12.7 Å². The van der Waals surface area contributed by atoms with Gasteiger partial charge in [0.05, 0.1) is 19.8 Å². The van der Waals surface area contributed by atoms with E-state index in [9.17, 15) is 28.9 Å². The third-order valence-electron chi connectivity index (χ3n) is 12.1. The van der Waals surface area contributed by atoms with Gasteiger partial charge in [0.25, 0.3) is 0 Å². The fourth-order valence-corrected chi connectivity index (χ4v) is 8.47. The van der Waals surface area contributed by atoms with Gasteiger partial charge >= 0.3 is 25.7 Å². The Bertz CT molecular complexity index is 1490. The van der Waals surface area contributed by atoms with Gasteiger partial charge in [-0.05, 0) is 109 Å². The van der Waals surface area contributed by atoms with E-state index in [1.807, 2.05) is 0 Å². The molecule has 3 unspecified atom stereocenters. The monoisotopic (exact) mass is 1030 g/mol. The zero-order chi connectivity index (χ0) is 52.7. The molecule has 0 aromatic heterocycles. The van der Waals surface area contributed by atoms with Crippen LogP contribution in [0.5, 0.6) is 0 Å². The van der Waals surface area contributed by atoms with E-state index >= 15 is 0 Å². The van der Waals surface area contributed by atoms with Crippen LogP contribution >= 0.6 is 7.82 Å². The fraction of sp³-hybridized carbons (Fsp3) is 0.750. The molecular weight excluding hydrogens is 928 g/mol. The molecule has 0 rings (SSSR count). The first-order valence-corrected chi connectivity index (χ1v) is 30.3. The highest BCUT2D eigenvalue weighted by atomic mass is 31.2. The molecule has 12 heteroatoms. The molecule has 72 heavy (non-hydrogen) atoms. The summed E-state index contributed by atoms with van der Waals surface area (Å²) >= 11 is 0. The average Bonchev–Trinajstić information content (AvgIpc) is 3.37. The highest BCUT2D eigenvalue weighted by Gasteiger charge is 2.28. The van der Waals surface area contributed by atoms with Crippen molar-refractivity contribution in [3.8, 4) is 0 Å². The lowest BCUT2D eigenvalue weighted by atomic mass is 10.1. The zero-order valence-corrected chi connectivity index (χ0v) is 46.8. The zero-order valence-electron chi connectivity index (χ0n) is 45.9. The molecular formula is C60H105O11P. The van der Waals surface area contributed by atoms with Gasteiger partial charge < -0.3 is 24.2 Å². The number of aliphatic hydroxyl groups is 1. The highest BCUT2D eigenvalue weighted by Crippen LogP contribution is 2.43. The molecule has 0 radical (unpaired) electrons. The van der Waals surface area contributed by atoms with E-state index in [0.29, 0.717) is 19.3 Å². The van der Waals surface area contributed by atoms with E-state index in [1.54, 1.807) is 0 Å². The van der Waals surface area contributed by atoms with Gasteiger partial charge in [-0.15, -0.1) is 0 Å². The lowest BCUT2D eigenvalue weighted by Crippen LogP contribution is -2.30. The molecule has 0 aromatic carbocycles. The Balaban J connectivity index is 4.74. The standard InChI is InChI=1S/C60H105O11P/c1-4-7-10-13-16-19-22-25-26-27-28-29-30-33-36-39-42-45-48-51-60(64)71-57(53-67-58(62)49-46-43-40-37-34-31-23-20-17-14-11-8-5-2)55-69-72(65,66)68-54-56(52-61)70-59(63)50-47-44-41-38-35-32-24-21-18-15-12-9-6-3/h9,12,16,18-21,23,25-26,32,35,56-57,61H,4-8,10-11,13-15,17,22,24,27-31,33-34,36-55H2,1-3H3,(H,65,66)/b12-9-,19-16-,21-18-,23-20-,26-25-,35-32-. The van der Waals surface area contributed by atoms with Gasteiger partial charge in [-0.25, -0.2) is 4.57 Å². The van der Waals surface area contributed by atoms with Crippen LogP contribution in [0.15, 0.2) is 72.9 Å². The number of carbonyl (C=O) groups is 3. The molecule has 0 aliphatic heterocycles. The summed E-state index contributed by atoms with van der Waals surface area (Å²) in [6, 6.07) is 0. The molecule has 0 spiro atoms. The Kier molecular flexibility index (Phi) is 51.9. The second kappa shape index (κ2) is 54.2. The van der Waals surface area contributed by atoms with Crippen molar-refractivity contribution in [3.05, 3.63) is 72.9 Å². The number of hydrogen-bond donors (Lipinski definition) is 2. The van der Waals surface area contributed by atoms with E-state index in [2.05, 4.69) is 93.7 Å². The second-order valence-corrected chi connectivity index (χ2v) is 20.5. The number of phosphoric acid groups is 1. The normalized spacial score (nSPS) is 13.9. The van der Waals surface area contributed by atoms with E-state index in [4.69, 9.17) is 23.3 Å². The van der Waals surface area contributed by atoms with Crippen LogP contribution in [0.4, 0.5) is 0 Å². The number of allylic oxidation sites excluding steroid dienone is 12. The molecule has 416 valence electrons. The number of esters is 3. The van der Waals surface area contributed by atoms with Crippen molar-refractivity contribution in [3.63, 3.8) is 0 Å².